The van der Waals surface area contributed by atoms with Gasteiger partial charge in [-0.1, -0.05) is 18.9 Å². The van der Waals surface area contributed by atoms with Crippen molar-refractivity contribution in [2.45, 2.75) is 38.6 Å². The van der Waals surface area contributed by atoms with Crippen LogP contribution in [0.1, 0.15) is 32.6 Å². The van der Waals surface area contributed by atoms with Crippen molar-refractivity contribution < 1.29 is 9.90 Å². The van der Waals surface area contributed by atoms with Gasteiger partial charge in [-0.05, 0) is 26.3 Å². The SMILES string of the molecule is CC1CCCCCN1C/C=C/C(=O)O. The maximum Gasteiger partial charge on any atom is 0.328 e. The Morgan fingerprint density at radius 1 is 1.50 bits per heavy atom. The summed E-state index contributed by atoms with van der Waals surface area (Å²) in [4.78, 5) is 12.6. The average Bonchev–Trinajstić information content (AvgIpc) is 2.31. The normalized spacial score (nSPS) is 25.1. The maximum atomic E-state index is 10.3. The second-order valence-corrected chi connectivity index (χ2v) is 3.93. The molecule has 0 aromatic carbocycles. The van der Waals surface area contributed by atoms with Crippen LogP contribution in [0.3, 0.4) is 0 Å². The number of likely N-dealkylation sites (tertiary alicyclic amines) is 1. The lowest BCUT2D eigenvalue weighted by Gasteiger charge is -2.25. The highest BCUT2D eigenvalue weighted by molar-refractivity contribution is 5.79. The van der Waals surface area contributed by atoms with Crippen molar-refractivity contribution in [3.05, 3.63) is 12.2 Å². The van der Waals surface area contributed by atoms with Crippen LogP contribution in [0.2, 0.25) is 0 Å². The summed E-state index contributed by atoms with van der Waals surface area (Å²) >= 11 is 0. The molecule has 80 valence electrons. The molecule has 1 unspecified atom stereocenters. The monoisotopic (exact) mass is 197 g/mol. The Hall–Kier alpha value is -0.830. The summed E-state index contributed by atoms with van der Waals surface area (Å²) in [6.07, 6.45) is 8.07. The van der Waals surface area contributed by atoms with Crippen LogP contribution in [-0.4, -0.2) is 35.1 Å². The van der Waals surface area contributed by atoms with Gasteiger partial charge in [0.25, 0.3) is 0 Å². The molecule has 3 nitrogen and oxygen atoms in total. The summed E-state index contributed by atoms with van der Waals surface area (Å²) < 4.78 is 0. The third-order valence-corrected chi connectivity index (χ3v) is 2.79. The van der Waals surface area contributed by atoms with E-state index in [0.29, 0.717) is 6.04 Å². The molecule has 1 atom stereocenters. The lowest BCUT2D eigenvalue weighted by atomic mass is 10.1. The van der Waals surface area contributed by atoms with E-state index in [0.717, 1.165) is 13.1 Å². The average molecular weight is 197 g/mol. The van der Waals surface area contributed by atoms with E-state index in [1.807, 2.05) is 0 Å². The first-order valence-corrected chi connectivity index (χ1v) is 5.33. The summed E-state index contributed by atoms with van der Waals surface area (Å²) in [6, 6.07) is 0.593. The van der Waals surface area contributed by atoms with E-state index in [2.05, 4.69) is 11.8 Å². The summed E-state index contributed by atoms with van der Waals surface area (Å²) in [5, 5.41) is 8.46. The minimum Gasteiger partial charge on any atom is -0.478 e. The fourth-order valence-corrected chi connectivity index (χ4v) is 1.89. The van der Waals surface area contributed by atoms with Gasteiger partial charge in [-0.25, -0.2) is 4.79 Å². The predicted octanol–water partition coefficient (Wildman–Crippen LogP) is 1.89. The van der Waals surface area contributed by atoms with Crippen molar-refractivity contribution in [2.75, 3.05) is 13.1 Å². The number of hydrogen-bond acceptors (Lipinski definition) is 2. The van der Waals surface area contributed by atoms with Gasteiger partial charge in [-0.3, -0.25) is 4.90 Å². The Kier molecular flexibility index (Phi) is 4.66. The van der Waals surface area contributed by atoms with Crippen LogP contribution in [0, 0.1) is 0 Å². The van der Waals surface area contributed by atoms with Crippen molar-refractivity contribution in [3.63, 3.8) is 0 Å². The van der Waals surface area contributed by atoms with Gasteiger partial charge in [0.2, 0.25) is 0 Å². The summed E-state index contributed by atoms with van der Waals surface area (Å²) in [5.41, 5.74) is 0. The third kappa shape index (κ3) is 3.92. The van der Waals surface area contributed by atoms with E-state index in [-0.39, 0.29) is 0 Å². The molecular weight excluding hydrogens is 178 g/mol. The van der Waals surface area contributed by atoms with Crippen LogP contribution in [0.15, 0.2) is 12.2 Å². The number of rotatable bonds is 3. The van der Waals surface area contributed by atoms with Crippen molar-refractivity contribution in [3.8, 4) is 0 Å². The molecule has 0 aliphatic carbocycles. The summed E-state index contributed by atoms with van der Waals surface area (Å²) in [5.74, 6) is -0.854. The largest absolute Gasteiger partial charge is 0.478 e. The Morgan fingerprint density at radius 2 is 2.29 bits per heavy atom. The number of carbonyl (C=O) groups is 1. The van der Waals surface area contributed by atoms with Crippen LogP contribution in [0.5, 0.6) is 0 Å². The Labute approximate surface area is 85.4 Å². The quantitative estimate of drug-likeness (QED) is 0.702. The predicted molar refractivity (Wildman–Crippen MR) is 56.3 cm³/mol. The van der Waals surface area contributed by atoms with E-state index in [1.165, 1.54) is 31.8 Å². The maximum absolute atomic E-state index is 10.3. The van der Waals surface area contributed by atoms with Crippen molar-refractivity contribution >= 4 is 5.97 Å². The van der Waals surface area contributed by atoms with Crippen molar-refractivity contribution in [2.24, 2.45) is 0 Å². The van der Waals surface area contributed by atoms with Gasteiger partial charge in [0.05, 0.1) is 0 Å². The number of carboxylic acid groups (broad SMARTS) is 1. The van der Waals surface area contributed by atoms with Gasteiger partial charge in [-0.2, -0.15) is 0 Å². The van der Waals surface area contributed by atoms with Crippen LogP contribution in [0.25, 0.3) is 0 Å². The fraction of sp³-hybridized carbons (Fsp3) is 0.727. The molecule has 1 rings (SSSR count). The van der Waals surface area contributed by atoms with Gasteiger partial charge < -0.3 is 5.11 Å². The molecule has 1 fully saturated rings. The lowest BCUT2D eigenvalue weighted by molar-refractivity contribution is -0.131. The van der Waals surface area contributed by atoms with Gasteiger partial charge in [0, 0.05) is 18.7 Å². The van der Waals surface area contributed by atoms with Crippen LogP contribution in [-0.2, 0) is 4.79 Å². The second kappa shape index (κ2) is 5.81. The highest BCUT2D eigenvalue weighted by Crippen LogP contribution is 2.15. The molecule has 0 spiro atoms. The molecule has 0 radical (unpaired) electrons. The Bertz CT molecular complexity index is 213. The van der Waals surface area contributed by atoms with E-state index in [1.54, 1.807) is 6.08 Å². The minimum absolute atomic E-state index is 0.593. The number of carboxylic acids is 1. The van der Waals surface area contributed by atoms with E-state index in [4.69, 9.17) is 5.11 Å². The molecule has 3 heteroatoms. The Morgan fingerprint density at radius 3 is 3.00 bits per heavy atom. The zero-order chi connectivity index (χ0) is 10.4. The zero-order valence-corrected chi connectivity index (χ0v) is 8.78. The molecule has 1 aliphatic heterocycles. The molecule has 0 aromatic rings. The van der Waals surface area contributed by atoms with Crippen LogP contribution < -0.4 is 0 Å². The van der Waals surface area contributed by atoms with Crippen LogP contribution >= 0.6 is 0 Å². The molecule has 0 saturated carbocycles. The van der Waals surface area contributed by atoms with Gasteiger partial charge >= 0.3 is 5.97 Å². The minimum atomic E-state index is -0.854. The van der Waals surface area contributed by atoms with Gasteiger partial charge in [0.1, 0.15) is 0 Å². The lowest BCUT2D eigenvalue weighted by Crippen LogP contribution is -2.32. The first-order valence-electron chi connectivity index (χ1n) is 5.33. The van der Waals surface area contributed by atoms with E-state index >= 15 is 0 Å². The topological polar surface area (TPSA) is 40.5 Å². The molecule has 1 aliphatic rings. The molecule has 1 N–H and O–H groups in total. The molecule has 14 heavy (non-hydrogen) atoms. The standard InChI is InChI=1S/C11H19NO2/c1-10-6-3-2-4-8-12(10)9-5-7-11(13)14/h5,7,10H,2-4,6,8-9H2,1H3,(H,13,14)/b7-5+. The number of hydrogen-bond donors (Lipinski definition) is 1. The number of aliphatic carboxylic acids is 1. The first kappa shape index (κ1) is 11.2. The first-order chi connectivity index (χ1) is 6.70. The molecule has 0 amide bonds. The van der Waals surface area contributed by atoms with E-state index in [9.17, 15) is 4.79 Å². The number of nitrogens with zero attached hydrogens (tertiary/aromatic N) is 1. The van der Waals surface area contributed by atoms with Crippen LogP contribution in [0.4, 0.5) is 0 Å². The molecular formula is C11H19NO2. The zero-order valence-electron chi connectivity index (χ0n) is 8.78. The van der Waals surface area contributed by atoms with Crippen molar-refractivity contribution in [1.29, 1.82) is 0 Å². The highest BCUT2D eigenvalue weighted by atomic mass is 16.4. The van der Waals surface area contributed by atoms with Crippen molar-refractivity contribution in [1.82, 2.24) is 4.90 Å². The molecule has 0 bridgehead atoms. The smallest absolute Gasteiger partial charge is 0.328 e. The molecule has 0 aromatic heterocycles. The summed E-state index contributed by atoms with van der Waals surface area (Å²) in [6.45, 7) is 4.10. The van der Waals surface area contributed by atoms with Gasteiger partial charge in [-0.15, -0.1) is 0 Å². The Balaban J connectivity index is 2.36. The molecule has 1 saturated heterocycles. The van der Waals surface area contributed by atoms with Gasteiger partial charge in [0.15, 0.2) is 0 Å². The molecule has 1 heterocycles. The van der Waals surface area contributed by atoms with E-state index < -0.39 is 5.97 Å². The highest BCUT2D eigenvalue weighted by Gasteiger charge is 2.14. The second-order valence-electron chi connectivity index (χ2n) is 3.93. The fourth-order valence-electron chi connectivity index (χ4n) is 1.89. The summed E-state index contributed by atoms with van der Waals surface area (Å²) in [7, 11) is 0. The third-order valence-electron chi connectivity index (χ3n) is 2.79.